The second kappa shape index (κ2) is 14.8. The molecule has 0 radical (unpaired) electrons. The molecule has 0 aliphatic rings. The third-order valence-corrected chi connectivity index (χ3v) is 8.64. The summed E-state index contributed by atoms with van der Waals surface area (Å²) in [5, 5.41) is 12.1. The molecule has 0 aliphatic heterocycles. The van der Waals surface area contributed by atoms with Gasteiger partial charge >= 0.3 is 6.09 Å². The number of hydrogen-bond donors (Lipinski definition) is 4. The van der Waals surface area contributed by atoms with E-state index in [0.717, 1.165) is 22.6 Å². The molecule has 0 bridgehead atoms. The highest BCUT2D eigenvalue weighted by Gasteiger charge is 2.23. The quantitative estimate of drug-likeness (QED) is 0.0903. The van der Waals surface area contributed by atoms with Crippen molar-refractivity contribution in [1.29, 1.82) is 0 Å². The van der Waals surface area contributed by atoms with Crippen LogP contribution in [-0.4, -0.2) is 53.3 Å². The van der Waals surface area contributed by atoms with Crippen LogP contribution < -0.4 is 20.9 Å². The van der Waals surface area contributed by atoms with Crippen LogP contribution in [0.15, 0.2) is 67.0 Å². The molecule has 0 aliphatic carbocycles. The van der Waals surface area contributed by atoms with Gasteiger partial charge in [0, 0.05) is 33.5 Å². The molecule has 2 aromatic carbocycles. The van der Waals surface area contributed by atoms with Crippen molar-refractivity contribution in [2.45, 2.75) is 58.2 Å². The molecule has 238 valence electrons. The summed E-state index contributed by atoms with van der Waals surface area (Å²) in [6, 6.07) is 14.4. The highest BCUT2D eigenvalue weighted by Crippen LogP contribution is 2.33. The maximum atomic E-state index is 15.3. The number of benzene rings is 2. The lowest BCUT2D eigenvalue weighted by Crippen LogP contribution is -2.53. The van der Waals surface area contributed by atoms with E-state index in [1.807, 2.05) is 23.8 Å². The fourth-order valence-corrected chi connectivity index (χ4v) is 5.37. The monoisotopic (exact) mass is 635 g/mol. The Hall–Kier alpha value is -4.75. The highest BCUT2D eigenvalue weighted by atomic mass is 28.3. The van der Waals surface area contributed by atoms with E-state index < -0.39 is 37.8 Å². The van der Waals surface area contributed by atoms with Crippen LogP contribution >= 0.6 is 0 Å². The van der Waals surface area contributed by atoms with Gasteiger partial charge in [0.1, 0.15) is 24.2 Å². The third-order valence-electron chi connectivity index (χ3n) is 6.94. The average molecular weight is 636 g/mol. The van der Waals surface area contributed by atoms with Crippen LogP contribution in [0.1, 0.15) is 16.7 Å². The minimum atomic E-state index is -1.45. The molecular weight excluding hydrogens is 597 g/mol. The molecule has 45 heavy (non-hydrogen) atoms. The summed E-state index contributed by atoms with van der Waals surface area (Å²) in [6.07, 6.45) is 1.90. The number of nitrogens with one attached hydrogen (secondary N) is 3. The van der Waals surface area contributed by atoms with Gasteiger partial charge in [0.2, 0.25) is 5.91 Å². The zero-order valence-electron chi connectivity index (χ0n) is 25.7. The first-order valence-electron chi connectivity index (χ1n) is 14.5. The molecular formula is C32H38FN5O6Si. The van der Waals surface area contributed by atoms with Gasteiger partial charge in [-0.05, 0) is 47.9 Å². The molecule has 11 nitrogen and oxygen atoms in total. The number of fused-ring (bicyclic) bond motifs is 1. The Morgan fingerprint density at radius 2 is 1.78 bits per heavy atom. The van der Waals surface area contributed by atoms with Gasteiger partial charge in [0.25, 0.3) is 5.91 Å². The number of nitrogens with zero attached hydrogens (tertiary/aromatic N) is 2. The van der Waals surface area contributed by atoms with Crippen LogP contribution in [0.25, 0.3) is 11.0 Å². The van der Waals surface area contributed by atoms with E-state index in [2.05, 4.69) is 40.8 Å². The lowest BCUT2D eigenvalue weighted by atomic mass is 10.0. The van der Waals surface area contributed by atoms with Gasteiger partial charge in [0.15, 0.2) is 11.6 Å². The molecule has 3 amide bonds. The van der Waals surface area contributed by atoms with Gasteiger partial charge in [-0.3, -0.25) is 20.4 Å². The van der Waals surface area contributed by atoms with Gasteiger partial charge < -0.3 is 24.5 Å². The van der Waals surface area contributed by atoms with Crippen molar-refractivity contribution >= 4 is 37.0 Å². The van der Waals surface area contributed by atoms with Crippen molar-refractivity contribution in [3.05, 3.63) is 89.5 Å². The first kappa shape index (κ1) is 33.1. The van der Waals surface area contributed by atoms with Gasteiger partial charge in [-0.2, -0.15) is 0 Å². The fourth-order valence-electron chi connectivity index (χ4n) is 4.62. The van der Waals surface area contributed by atoms with Crippen LogP contribution in [0.3, 0.4) is 0 Å². The van der Waals surface area contributed by atoms with Gasteiger partial charge in [-0.1, -0.05) is 56.0 Å². The van der Waals surface area contributed by atoms with Crippen molar-refractivity contribution in [2.24, 2.45) is 0 Å². The number of carboxylic acid groups (broad SMARTS) is 1. The summed E-state index contributed by atoms with van der Waals surface area (Å²) >= 11 is 0. The molecule has 4 rings (SSSR count). The van der Waals surface area contributed by atoms with Crippen molar-refractivity contribution in [2.75, 3.05) is 6.61 Å². The minimum absolute atomic E-state index is 0.0192. The SMILES string of the molecule is Cc1cn(COCC[Si](C)(C)C)c2nccc(Oc3ccc(CC(NC(=O)O)C(=O)NNC(=O)Cc4ccccc4)cc3F)c12. The fraction of sp³-hybridized carbons (Fsp3) is 0.312. The summed E-state index contributed by atoms with van der Waals surface area (Å²) in [6.45, 7) is 9.79. The zero-order valence-corrected chi connectivity index (χ0v) is 26.7. The van der Waals surface area contributed by atoms with E-state index in [9.17, 15) is 19.5 Å². The molecule has 2 aromatic heterocycles. The van der Waals surface area contributed by atoms with E-state index in [4.69, 9.17) is 9.47 Å². The Bertz CT molecular complexity index is 1660. The summed E-state index contributed by atoms with van der Waals surface area (Å²) < 4.78 is 29.0. The molecule has 2 heterocycles. The maximum absolute atomic E-state index is 15.3. The molecule has 0 saturated carbocycles. The van der Waals surface area contributed by atoms with Crippen LogP contribution in [0.2, 0.25) is 25.7 Å². The molecule has 4 N–H and O–H groups in total. The number of aromatic nitrogens is 2. The number of carbonyl (C=O) groups excluding carboxylic acids is 2. The van der Waals surface area contributed by atoms with Crippen LogP contribution in [-0.2, 0) is 33.9 Å². The van der Waals surface area contributed by atoms with Crippen LogP contribution in [0.5, 0.6) is 11.5 Å². The van der Waals surface area contributed by atoms with Crippen LogP contribution in [0, 0.1) is 12.7 Å². The number of aryl methyl sites for hydroxylation is 1. The van der Waals surface area contributed by atoms with Crippen molar-refractivity contribution in [3.8, 4) is 11.5 Å². The van der Waals surface area contributed by atoms with Crippen molar-refractivity contribution in [1.82, 2.24) is 25.7 Å². The van der Waals surface area contributed by atoms with E-state index >= 15 is 4.39 Å². The number of amides is 3. The highest BCUT2D eigenvalue weighted by molar-refractivity contribution is 6.76. The lowest BCUT2D eigenvalue weighted by molar-refractivity contribution is -0.129. The average Bonchev–Trinajstić information content (AvgIpc) is 3.30. The Morgan fingerprint density at radius 3 is 2.47 bits per heavy atom. The number of hydrogen-bond acceptors (Lipinski definition) is 6. The topological polar surface area (TPSA) is 144 Å². The van der Waals surface area contributed by atoms with Crippen molar-refractivity contribution < 1.29 is 33.4 Å². The molecule has 1 unspecified atom stereocenters. The maximum Gasteiger partial charge on any atom is 0.405 e. The summed E-state index contributed by atoms with van der Waals surface area (Å²) in [5.41, 5.74) is 7.14. The zero-order chi connectivity index (χ0) is 32.6. The first-order valence-corrected chi connectivity index (χ1v) is 18.2. The van der Waals surface area contributed by atoms with E-state index in [1.165, 1.54) is 12.1 Å². The number of halogens is 1. The molecule has 0 saturated heterocycles. The number of carbonyl (C=O) groups is 3. The smallest absolute Gasteiger partial charge is 0.405 e. The predicted octanol–water partition coefficient (Wildman–Crippen LogP) is 5.16. The Balaban J connectivity index is 1.41. The molecule has 1 atom stereocenters. The molecule has 13 heteroatoms. The van der Waals surface area contributed by atoms with Crippen molar-refractivity contribution in [3.63, 3.8) is 0 Å². The molecule has 4 aromatic rings. The number of pyridine rings is 1. The second-order valence-electron chi connectivity index (χ2n) is 11.9. The number of hydrazine groups is 1. The Kier molecular flexibility index (Phi) is 10.9. The van der Waals surface area contributed by atoms with E-state index in [0.29, 0.717) is 30.3 Å². The lowest BCUT2D eigenvalue weighted by Gasteiger charge is -2.18. The molecule has 0 fully saturated rings. The largest absolute Gasteiger partial charge is 0.465 e. The normalized spacial score (nSPS) is 12.0. The third kappa shape index (κ3) is 9.62. The molecule has 0 spiro atoms. The summed E-state index contributed by atoms with van der Waals surface area (Å²) in [4.78, 5) is 40.8. The first-order chi connectivity index (χ1) is 21.4. The Morgan fingerprint density at radius 1 is 1.02 bits per heavy atom. The summed E-state index contributed by atoms with van der Waals surface area (Å²) in [7, 11) is -1.22. The van der Waals surface area contributed by atoms with Gasteiger partial charge in [0.05, 0.1) is 11.8 Å². The minimum Gasteiger partial charge on any atom is -0.465 e. The number of ether oxygens (including phenoxy) is 2. The Labute approximate surface area is 261 Å². The second-order valence-corrected chi connectivity index (χ2v) is 17.5. The predicted molar refractivity (Wildman–Crippen MR) is 170 cm³/mol. The van der Waals surface area contributed by atoms with E-state index in [-0.39, 0.29) is 18.6 Å². The van der Waals surface area contributed by atoms with Crippen LogP contribution in [0.4, 0.5) is 9.18 Å². The standard InChI is InChI=1S/C32H38FN5O6Si/c1-21-19-38(20-43-14-15-45(2,3)4)30-29(21)27(12-13-34-30)44-26-11-10-23(16-24(26)33)17-25(35-32(41)42)31(40)37-36-28(39)18-22-8-6-5-7-9-22/h5-13,16,19,25,35H,14-15,17-18,20H2,1-4H3,(H,36,39)(H,37,40)(H,41,42). The van der Waals surface area contributed by atoms with E-state index in [1.54, 1.807) is 42.6 Å². The summed E-state index contributed by atoms with van der Waals surface area (Å²) in [5.74, 6) is -1.62. The van der Waals surface area contributed by atoms with Gasteiger partial charge in [-0.25, -0.2) is 14.2 Å². The number of rotatable bonds is 13. The van der Waals surface area contributed by atoms with Gasteiger partial charge in [-0.15, -0.1) is 0 Å².